The van der Waals surface area contributed by atoms with E-state index in [1.807, 2.05) is 6.20 Å². The number of fused-ring (bicyclic) bond motifs is 4. The molecule has 3 aromatic heterocycles. The van der Waals surface area contributed by atoms with Crippen LogP contribution >= 0.6 is 0 Å². The third-order valence-corrected chi connectivity index (χ3v) is 11.0. The number of para-hydroxylation sites is 5. The van der Waals surface area contributed by atoms with Gasteiger partial charge in [0.1, 0.15) is 22.9 Å². The van der Waals surface area contributed by atoms with Crippen LogP contribution in [0.5, 0.6) is 11.5 Å². The first kappa shape index (κ1) is 37.8. The second-order valence-electron chi connectivity index (χ2n) is 16.5. The van der Waals surface area contributed by atoms with Crippen LogP contribution < -0.4 is 21.7 Å². The minimum absolute atomic E-state index is 0. The topological polar surface area (TPSA) is 40.8 Å². The number of nitrogens with zero attached hydrogens (tertiary/aromatic N) is 5. The maximum Gasteiger partial charge on any atom is 0.255 e. The molecule has 286 valence electrons. The highest BCUT2D eigenvalue weighted by Gasteiger charge is 2.25. The third-order valence-electron chi connectivity index (χ3n) is 11.0. The molecule has 0 spiro atoms. The molecule has 0 aliphatic carbocycles. The molecular weight excluding hydrogens is 722 g/mol. The maximum atomic E-state index is 6.91. The molecule has 0 bridgehead atoms. The normalized spacial score (nSPS) is 11.9. The first-order chi connectivity index (χ1) is 27.1. The van der Waals surface area contributed by atoms with Gasteiger partial charge < -0.3 is 17.1 Å². The van der Waals surface area contributed by atoms with E-state index in [0.717, 1.165) is 56.3 Å². The van der Waals surface area contributed by atoms with Crippen LogP contribution in [0.4, 0.5) is 0 Å². The molecule has 0 radical (unpaired) electrons. The first-order valence-electron chi connectivity index (χ1n) is 19.7. The second-order valence-corrected chi connectivity index (χ2v) is 16.5. The largest absolute Gasteiger partial charge is 1.00 e. The molecule has 3 heterocycles. The van der Waals surface area contributed by atoms with E-state index in [9.17, 15) is 0 Å². The minimum atomic E-state index is -0.110. The highest BCUT2D eigenvalue weighted by molar-refractivity contribution is 6.09. The lowest BCUT2D eigenvalue weighted by Crippen LogP contribution is -3.00. The van der Waals surface area contributed by atoms with Crippen molar-refractivity contribution in [3.63, 3.8) is 0 Å². The third kappa shape index (κ3) is 6.68. The van der Waals surface area contributed by atoms with Crippen LogP contribution in [0, 0.1) is 0 Å². The number of ether oxygens (including phenoxy) is 1. The number of halogens is 1. The predicted molar refractivity (Wildman–Crippen MR) is 230 cm³/mol. The van der Waals surface area contributed by atoms with Gasteiger partial charge in [0.25, 0.3) is 6.33 Å². The van der Waals surface area contributed by atoms with Crippen LogP contribution in [0.15, 0.2) is 152 Å². The maximum absolute atomic E-state index is 6.91. The van der Waals surface area contributed by atoms with Crippen molar-refractivity contribution >= 4 is 32.8 Å². The minimum Gasteiger partial charge on any atom is -1.00 e. The molecule has 0 fully saturated rings. The molecule has 0 unspecified atom stereocenters. The van der Waals surface area contributed by atoms with E-state index in [2.05, 4.69) is 213 Å². The van der Waals surface area contributed by atoms with E-state index in [1.165, 1.54) is 27.8 Å². The van der Waals surface area contributed by atoms with Gasteiger partial charge in [0.05, 0.1) is 16.7 Å². The summed E-state index contributed by atoms with van der Waals surface area (Å²) < 4.78 is 16.0. The molecule has 6 aromatic carbocycles. The summed E-state index contributed by atoms with van der Waals surface area (Å²) >= 11 is 0. The molecule has 0 atom stereocenters. The molecule has 0 saturated carbocycles. The number of hydrogen-bond donors (Lipinski definition) is 0. The lowest BCUT2D eigenvalue weighted by molar-refractivity contribution is -0.567. The number of aromatic nitrogens is 5. The summed E-state index contributed by atoms with van der Waals surface area (Å²) in [5.74, 6) is 3.09. The second kappa shape index (κ2) is 14.8. The standard InChI is InChI=1S/C50H48N5O.ClH/c1-33(2)40-19-15-20-41(34(3)4)48(40)52-27-26-51-49(52)55-44-21-12-11-18-42(44)43-25-24-38(31-47(43)55)56-39-29-35(50(5,6)7)28-37(30-39)54-32-53(36-16-9-8-10-17-36)45-22-13-14-23-46(45)54;/h8-34H,1-7H3;1H/q+1;/p-1. The molecular formula is C50H48ClN5O. The zero-order valence-electron chi connectivity index (χ0n) is 33.6. The van der Waals surface area contributed by atoms with Crippen LogP contribution in [0.25, 0.3) is 55.8 Å². The molecule has 57 heavy (non-hydrogen) atoms. The zero-order valence-corrected chi connectivity index (χ0v) is 34.4. The summed E-state index contributed by atoms with van der Waals surface area (Å²) in [6.07, 6.45) is 6.21. The van der Waals surface area contributed by atoms with Gasteiger partial charge in [0.15, 0.2) is 11.0 Å². The van der Waals surface area contributed by atoms with Crippen molar-refractivity contribution in [3.8, 4) is 34.5 Å². The van der Waals surface area contributed by atoms with E-state index in [0.29, 0.717) is 11.8 Å². The summed E-state index contributed by atoms with van der Waals surface area (Å²) in [4.78, 5) is 5.06. The number of imidazole rings is 2. The molecule has 0 amide bonds. The zero-order chi connectivity index (χ0) is 38.7. The smallest absolute Gasteiger partial charge is 0.255 e. The highest BCUT2D eigenvalue weighted by atomic mass is 35.5. The van der Waals surface area contributed by atoms with Gasteiger partial charge in [0, 0.05) is 35.3 Å². The Labute approximate surface area is 341 Å². The van der Waals surface area contributed by atoms with Crippen molar-refractivity contribution < 1.29 is 21.7 Å². The Bertz CT molecular complexity index is 2860. The molecule has 7 heteroatoms. The van der Waals surface area contributed by atoms with Gasteiger partial charge >= 0.3 is 0 Å². The van der Waals surface area contributed by atoms with Crippen LogP contribution in [0.1, 0.15) is 77.0 Å². The molecule has 0 aliphatic heterocycles. The van der Waals surface area contributed by atoms with Gasteiger partial charge in [-0.3, -0.25) is 9.13 Å². The summed E-state index contributed by atoms with van der Waals surface area (Å²) in [6.45, 7) is 15.8. The average Bonchev–Trinajstić information content (AvgIpc) is 3.91. The predicted octanol–water partition coefficient (Wildman–Crippen LogP) is 9.53. The van der Waals surface area contributed by atoms with Crippen LogP contribution in [0.3, 0.4) is 0 Å². The molecule has 0 saturated heterocycles. The molecule has 9 aromatic rings. The van der Waals surface area contributed by atoms with Gasteiger partial charge in [-0.25, -0.2) is 4.98 Å². The molecule has 0 aliphatic rings. The molecule has 0 N–H and O–H groups in total. The monoisotopic (exact) mass is 769 g/mol. The highest BCUT2D eigenvalue weighted by Crippen LogP contribution is 2.39. The Morgan fingerprint density at radius 1 is 0.614 bits per heavy atom. The first-order valence-corrected chi connectivity index (χ1v) is 19.7. The molecule has 6 nitrogen and oxygen atoms in total. The summed E-state index contributed by atoms with van der Waals surface area (Å²) in [7, 11) is 0. The van der Waals surface area contributed by atoms with Crippen LogP contribution in [-0.4, -0.2) is 18.7 Å². The average molecular weight is 770 g/mol. The van der Waals surface area contributed by atoms with E-state index < -0.39 is 0 Å². The van der Waals surface area contributed by atoms with Crippen LogP contribution in [0.2, 0.25) is 0 Å². The summed E-state index contributed by atoms with van der Waals surface area (Å²) in [5, 5.41) is 2.32. The van der Waals surface area contributed by atoms with E-state index >= 15 is 0 Å². The number of rotatable bonds is 8. The van der Waals surface area contributed by atoms with Gasteiger partial charge in [0.2, 0.25) is 5.95 Å². The fraction of sp³-hybridized carbons (Fsp3) is 0.200. The van der Waals surface area contributed by atoms with Crippen LogP contribution in [-0.2, 0) is 5.41 Å². The lowest BCUT2D eigenvalue weighted by atomic mass is 9.86. The lowest BCUT2D eigenvalue weighted by Gasteiger charge is -2.22. The van der Waals surface area contributed by atoms with Gasteiger partial charge in [-0.15, -0.1) is 0 Å². The van der Waals surface area contributed by atoms with Crippen molar-refractivity contribution in [2.75, 3.05) is 0 Å². The van der Waals surface area contributed by atoms with Crippen molar-refractivity contribution in [1.82, 2.24) is 18.7 Å². The summed E-state index contributed by atoms with van der Waals surface area (Å²) in [6, 6.07) is 47.4. The quantitative estimate of drug-likeness (QED) is 0.145. The van der Waals surface area contributed by atoms with E-state index in [4.69, 9.17) is 9.72 Å². The Morgan fingerprint density at radius 3 is 2.00 bits per heavy atom. The molecule has 9 rings (SSSR count). The summed E-state index contributed by atoms with van der Waals surface area (Å²) in [5.41, 5.74) is 11.5. The number of benzene rings is 6. The van der Waals surface area contributed by atoms with Gasteiger partial charge in [-0.2, -0.15) is 9.13 Å². The Morgan fingerprint density at radius 2 is 1.28 bits per heavy atom. The van der Waals surface area contributed by atoms with Crippen molar-refractivity contribution in [3.05, 3.63) is 169 Å². The van der Waals surface area contributed by atoms with E-state index in [-0.39, 0.29) is 17.8 Å². The SMILES string of the molecule is CC(C)c1cccc(C(C)C)c1-n1ccnc1-n1c2ccccc2c2ccc(Oc3cc(-n4c[n+](-c5ccccc5)c5ccccc54)cc(C(C)(C)C)c3)cc21.[Cl-]. The van der Waals surface area contributed by atoms with E-state index in [1.54, 1.807) is 0 Å². The Kier molecular flexibility index (Phi) is 9.79. The van der Waals surface area contributed by atoms with Crippen molar-refractivity contribution in [1.29, 1.82) is 0 Å². The van der Waals surface area contributed by atoms with Crippen molar-refractivity contribution in [2.45, 2.75) is 65.7 Å². The fourth-order valence-electron chi connectivity index (χ4n) is 8.12. The van der Waals surface area contributed by atoms with Gasteiger partial charge in [-0.1, -0.05) is 115 Å². The van der Waals surface area contributed by atoms with Crippen molar-refractivity contribution in [2.24, 2.45) is 0 Å². The Balaban J connectivity index is 0.00000455. The number of hydrogen-bond acceptors (Lipinski definition) is 2. The van der Waals surface area contributed by atoms with Gasteiger partial charge in [-0.05, 0) is 88.5 Å². The Hall–Kier alpha value is -6.11. The fourth-order valence-corrected chi connectivity index (χ4v) is 8.12.